The highest BCUT2D eigenvalue weighted by Crippen LogP contribution is 2.26. The highest BCUT2D eigenvalue weighted by Gasteiger charge is 2.30. The molecule has 5 amide bonds. The minimum atomic E-state index is -1.08. The molecule has 0 radical (unpaired) electrons. The van der Waals surface area contributed by atoms with Gasteiger partial charge in [0, 0.05) is 28.8 Å². The number of para-hydroxylation sites is 1. The van der Waals surface area contributed by atoms with Gasteiger partial charge in [0.25, 0.3) is 5.91 Å². The Morgan fingerprint density at radius 2 is 1.68 bits per heavy atom. The molecule has 3 aromatic carbocycles. The highest BCUT2D eigenvalue weighted by atomic mass is 16.4. The molecular formula is C29H37N5O6. The van der Waals surface area contributed by atoms with Crippen LogP contribution in [0.2, 0.25) is 0 Å². The number of carbonyl (C=O) groups excluding carboxylic acids is 4. The number of amides is 5. The number of benzene rings is 3. The largest absolute Gasteiger partial charge is 0.481 e. The van der Waals surface area contributed by atoms with Gasteiger partial charge >= 0.3 is 12.0 Å². The van der Waals surface area contributed by atoms with Crippen molar-refractivity contribution in [3.8, 4) is 0 Å². The van der Waals surface area contributed by atoms with Crippen molar-refractivity contribution in [3.63, 3.8) is 0 Å². The summed E-state index contributed by atoms with van der Waals surface area (Å²) in [7, 11) is 0. The van der Waals surface area contributed by atoms with Crippen molar-refractivity contribution in [3.05, 3.63) is 83.4 Å². The summed E-state index contributed by atoms with van der Waals surface area (Å²) >= 11 is 0. The zero-order valence-corrected chi connectivity index (χ0v) is 22.0. The van der Waals surface area contributed by atoms with Crippen LogP contribution in [0.25, 0.3) is 0 Å². The van der Waals surface area contributed by atoms with Gasteiger partial charge in [0.05, 0.1) is 24.1 Å². The summed E-state index contributed by atoms with van der Waals surface area (Å²) in [6.45, 7) is 3.18. The number of nitrogens with zero attached hydrogens (tertiary/aromatic N) is 1. The van der Waals surface area contributed by atoms with E-state index in [2.05, 4.69) is 21.3 Å². The number of aliphatic carboxylic acids is 1. The quantitative estimate of drug-likeness (QED) is 0.263. The Morgan fingerprint density at radius 3 is 2.38 bits per heavy atom. The van der Waals surface area contributed by atoms with E-state index in [0.717, 1.165) is 5.56 Å². The standard InChI is InChI=1S/C29H29N5O6.4H2/c1-17-5-3-4-6-23(17)33-29(40)31-20-9-7-19(8-10-20)14-25(35)30-21-11-12-24-22(15-21)28(39)34(16-26(36)32-24)18(2)13-27(37)38;;;;/h3-12,15,18H,13-14,16H2,1-2H3,(H,30,35)(H,32,36)(H,37,38)(H2,31,33,40);4*1H. The van der Waals surface area contributed by atoms with Gasteiger partial charge in [-0.3, -0.25) is 19.2 Å². The number of nitrogens with one attached hydrogen (secondary N) is 4. The molecule has 11 nitrogen and oxygen atoms in total. The normalized spacial score (nSPS) is 13.4. The molecule has 214 valence electrons. The zero-order chi connectivity index (χ0) is 28.8. The van der Waals surface area contributed by atoms with E-state index in [9.17, 15) is 24.0 Å². The molecule has 1 aliphatic rings. The van der Waals surface area contributed by atoms with Gasteiger partial charge < -0.3 is 31.3 Å². The van der Waals surface area contributed by atoms with E-state index in [1.54, 1.807) is 37.3 Å². The van der Waals surface area contributed by atoms with Gasteiger partial charge in [-0.25, -0.2) is 4.79 Å². The Bertz CT molecular complexity index is 1490. The summed E-state index contributed by atoms with van der Waals surface area (Å²) in [5.74, 6) is -2.36. The van der Waals surface area contributed by atoms with Gasteiger partial charge in [0.2, 0.25) is 11.8 Å². The first kappa shape index (κ1) is 27.8. The molecule has 1 heterocycles. The highest BCUT2D eigenvalue weighted by molar-refractivity contribution is 6.10. The second-order valence-corrected chi connectivity index (χ2v) is 9.50. The molecule has 4 rings (SSSR count). The lowest BCUT2D eigenvalue weighted by Gasteiger charge is -2.26. The number of carboxylic acid groups (broad SMARTS) is 1. The number of fused-ring (bicyclic) bond motifs is 1. The fourth-order valence-corrected chi connectivity index (χ4v) is 4.29. The van der Waals surface area contributed by atoms with E-state index in [0.29, 0.717) is 22.6 Å². The van der Waals surface area contributed by atoms with E-state index in [1.165, 1.54) is 17.0 Å². The lowest BCUT2D eigenvalue weighted by Crippen LogP contribution is -2.42. The van der Waals surface area contributed by atoms with Gasteiger partial charge in [-0.2, -0.15) is 0 Å². The summed E-state index contributed by atoms with van der Waals surface area (Å²) < 4.78 is 0. The molecule has 0 bridgehead atoms. The Labute approximate surface area is 236 Å². The minimum absolute atomic E-state index is 0. The van der Waals surface area contributed by atoms with Crippen LogP contribution in [-0.2, 0) is 20.8 Å². The number of anilines is 4. The molecule has 1 atom stereocenters. The molecule has 0 saturated heterocycles. The average molecular weight is 552 g/mol. The Kier molecular flexibility index (Phi) is 8.43. The van der Waals surface area contributed by atoms with Crippen LogP contribution in [0, 0.1) is 6.92 Å². The molecule has 3 aromatic rings. The van der Waals surface area contributed by atoms with E-state index in [1.807, 2.05) is 31.2 Å². The van der Waals surface area contributed by atoms with Gasteiger partial charge in [0.15, 0.2) is 0 Å². The molecule has 0 fully saturated rings. The Morgan fingerprint density at radius 1 is 0.975 bits per heavy atom. The van der Waals surface area contributed by atoms with Crippen molar-refractivity contribution in [2.45, 2.75) is 32.7 Å². The van der Waals surface area contributed by atoms with E-state index >= 15 is 0 Å². The van der Waals surface area contributed by atoms with Crippen molar-refractivity contribution in [2.24, 2.45) is 0 Å². The van der Waals surface area contributed by atoms with Crippen molar-refractivity contribution in [1.82, 2.24) is 4.90 Å². The van der Waals surface area contributed by atoms with E-state index < -0.39 is 23.8 Å². The number of rotatable bonds is 8. The maximum absolute atomic E-state index is 13.2. The molecule has 1 unspecified atom stereocenters. The fourth-order valence-electron chi connectivity index (χ4n) is 4.29. The van der Waals surface area contributed by atoms with Crippen LogP contribution in [0.5, 0.6) is 0 Å². The predicted molar refractivity (Wildman–Crippen MR) is 159 cm³/mol. The Balaban J connectivity index is 0.00000462. The van der Waals surface area contributed by atoms with Crippen molar-refractivity contribution in [2.75, 3.05) is 27.8 Å². The number of urea groups is 1. The molecule has 0 saturated carbocycles. The van der Waals surface area contributed by atoms with Crippen LogP contribution in [0.1, 0.15) is 40.5 Å². The maximum atomic E-state index is 13.2. The smallest absolute Gasteiger partial charge is 0.323 e. The molecule has 0 spiro atoms. The molecule has 5 N–H and O–H groups in total. The lowest BCUT2D eigenvalue weighted by molar-refractivity contribution is -0.138. The monoisotopic (exact) mass is 551 g/mol. The van der Waals surface area contributed by atoms with Crippen molar-refractivity contribution >= 4 is 52.5 Å². The molecule has 11 heteroatoms. The van der Waals surface area contributed by atoms with Crippen LogP contribution in [0.15, 0.2) is 66.7 Å². The number of carbonyl (C=O) groups is 5. The van der Waals surface area contributed by atoms with Crippen LogP contribution >= 0.6 is 0 Å². The maximum Gasteiger partial charge on any atom is 0.323 e. The molecule has 0 aliphatic carbocycles. The van der Waals surface area contributed by atoms with Crippen LogP contribution in [0.3, 0.4) is 0 Å². The number of hydrogen-bond acceptors (Lipinski definition) is 5. The first-order valence-corrected chi connectivity index (χ1v) is 12.6. The summed E-state index contributed by atoms with van der Waals surface area (Å²) in [5.41, 5.74) is 3.70. The molecular weight excluding hydrogens is 514 g/mol. The molecule has 40 heavy (non-hydrogen) atoms. The van der Waals surface area contributed by atoms with Gasteiger partial charge in [-0.05, 0) is 61.4 Å². The van der Waals surface area contributed by atoms with E-state index in [-0.39, 0.29) is 48.3 Å². The minimum Gasteiger partial charge on any atom is -0.481 e. The summed E-state index contributed by atoms with van der Waals surface area (Å²) in [6, 6.07) is 17.7. The zero-order valence-electron chi connectivity index (χ0n) is 22.0. The van der Waals surface area contributed by atoms with Gasteiger partial charge in [-0.15, -0.1) is 0 Å². The second kappa shape index (κ2) is 12.1. The summed E-state index contributed by atoms with van der Waals surface area (Å²) in [5, 5.41) is 20.1. The molecule has 0 aromatic heterocycles. The third-order valence-electron chi connectivity index (χ3n) is 6.35. The van der Waals surface area contributed by atoms with Crippen LogP contribution in [-0.4, -0.2) is 52.3 Å². The first-order valence-electron chi connectivity index (χ1n) is 12.6. The van der Waals surface area contributed by atoms with Crippen molar-refractivity contribution in [1.29, 1.82) is 0 Å². The summed E-state index contributed by atoms with van der Waals surface area (Å²) in [4.78, 5) is 62.8. The third-order valence-corrected chi connectivity index (χ3v) is 6.35. The van der Waals surface area contributed by atoms with Crippen LogP contribution in [0.4, 0.5) is 27.5 Å². The molecule has 1 aliphatic heterocycles. The topological polar surface area (TPSA) is 157 Å². The second-order valence-electron chi connectivity index (χ2n) is 9.50. The number of aryl methyl sites for hydroxylation is 1. The van der Waals surface area contributed by atoms with Crippen molar-refractivity contribution < 1.29 is 34.8 Å². The number of hydrogen-bond donors (Lipinski definition) is 5. The predicted octanol–water partition coefficient (Wildman–Crippen LogP) is 5.06. The third kappa shape index (κ3) is 7.01. The van der Waals surface area contributed by atoms with Gasteiger partial charge in [0.1, 0.15) is 6.54 Å². The van der Waals surface area contributed by atoms with E-state index in [4.69, 9.17) is 5.11 Å². The fraction of sp³-hybridized carbons (Fsp3) is 0.207. The van der Waals surface area contributed by atoms with Crippen LogP contribution < -0.4 is 21.3 Å². The Hall–Kier alpha value is -5.19. The summed E-state index contributed by atoms with van der Waals surface area (Å²) in [6.07, 6.45) is -0.268. The first-order chi connectivity index (χ1) is 19.1. The SMILES string of the molecule is Cc1ccccc1NC(=O)Nc1ccc(CC(=O)Nc2ccc3c(c2)C(=O)N(C(C)CC(=O)O)CC(=O)N3)cc1.[HH].[HH].[HH].[HH]. The number of carboxylic acids is 1. The van der Waals surface area contributed by atoms with Gasteiger partial charge in [-0.1, -0.05) is 30.3 Å². The average Bonchev–Trinajstić information content (AvgIpc) is 3.02. The lowest BCUT2D eigenvalue weighted by atomic mass is 10.1.